The number of carboxylic acid groups (broad SMARTS) is 1. The van der Waals surface area contributed by atoms with Crippen molar-refractivity contribution in [2.24, 2.45) is 0 Å². The largest absolute Gasteiger partial charge is 0.477 e. The van der Waals surface area contributed by atoms with E-state index in [1.54, 1.807) is 0 Å². The Bertz CT molecular complexity index is 1110. The van der Waals surface area contributed by atoms with Gasteiger partial charge in [0, 0.05) is 35.1 Å². The molecule has 5 heteroatoms. The SMILES string of the molecule is Cc1ccc(-c2cc(C)c3c(=O)c(C(=O)O)cn(C4CC4)c3c2C)cn1. The summed E-state index contributed by atoms with van der Waals surface area (Å²) in [6, 6.07) is 6.23. The number of hydrogen-bond donors (Lipinski definition) is 1. The van der Waals surface area contributed by atoms with Crippen molar-refractivity contribution in [3.05, 3.63) is 63.2 Å². The molecule has 5 nitrogen and oxygen atoms in total. The van der Waals surface area contributed by atoms with Crippen LogP contribution in [-0.4, -0.2) is 20.6 Å². The van der Waals surface area contributed by atoms with Crippen LogP contribution in [0, 0.1) is 20.8 Å². The molecule has 1 aliphatic carbocycles. The molecule has 0 aliphatic heterocycles. The minimum atomic E-state index is -1.17. The lowest BCUT2D eigenvalue weighted by Gasteiger charge is -2.18. The average molecular weight is 348 g/mol. The van der Waals surface area contributed by atoms with E-state index < -0.39 is 11.4 Å². The molecule has 4 rings (SSSR count). The number of carboxylic acids is 1. The minimum absolute atomic E-state index is 0.156. The fourth-order valence-electron chi connectivity index (χ4n) is 3.63. The zero-order chi connectivity index (χ0) is 18.6. The number of rotatable bonds is 3. The molecular weight excluding hydrogens is 328 g/mol. The lowest BCUT2D eigenvalue weighted by molar-refractivity contribution is 0.0695. The zero-order valence-corrected chi connectivity index (χ0v) is 15.0. The van der Waals surface area contributed by atoms with E-state index in [2.05, 4.69) is 4.98 Å². The molecule has 0 unspecified atom stereocenters. The highest BCUT2D eigenvalue weighted by atomic mass is 16.4. The van der Waals surface area contributed by atoms with Gasteiger partial charge in [0.15, 0.2) is 0 Å². The third kappa shape index (κ3) is 2.51. The van der Waals surface area contributed by atoms with Gasteiger partial charge in [-0.3, -0.25) is 9.78 Å². The van der Waals surface area contributed by atoms with Gasteiger partial charge in [0.05, 0.1) is 5.52 Å². The lowest BCUT2D eigenvalue weighted by atomic mass is 9.94. The topological polar surface area (TPSA) is 72.2 Å². The number of fused-ring (bicyclic) bond motifs is 1. The molecule has 1 aliphatic rings. The van der Waals surface area contributed by atoms with E-state index in [-0.39, 0.29) is 11.6 Å². The summed E-state index contributed by atoms with van der Waals surface area (Å²) in [7, 11) is 0. The number of pyridine rings is 2. The summed E-state index contributed by atoms with van der Waals surface area (Å²) in [6.07, 6.45) is 5.38. The molecule has 0 bridgehead atoms. The number of carbonyl (C=O) groups is 1. The van der Waals surface area contributed by atoms with Crippen LogP contribution in [0.25, 0.3) is 22.0 Å². The molecule has 0 spiro atoms. The Morgan fingerprint density at radius 1 is 1.23 bits per heavy atom. The Balaban J connectivity index is 2.11. The van der Waals surface area contributed by atoms with Crippen molar-refractivity contribution in [3.63, 3.8) is 0 Å². The third-order valence-corrected chi connectivity index (χ3v) is 5.14. The van der Waals surface area contributed by atoms with Gasteiger partial charge in [0.1, 0.15) is 5.56 Å². The quantitative estimate of drug-likeness (QED) is 0.776. The molecule has 0 radical (unpaired) electrons. The van der Waals surface area contributed by atoms with Crippen LogP contribution in [0.3, 0.4) is 0 Å². The van der Waals surface area contributed by atoms with E-state index in [0.29, 0.717) is 5.39 Å². The summed E-state index contributed by atoms with van der Waals surface area (Å²) >= 11 is 0. The second-order valence-electron chi connectivity index (χ2n) is 7.09. The molecule has 132 valence electrons. The third-order valence-electron chi connectivity index (χ3n) is 5.14. The molecule has 26 heavy (non-hydrogen) atoms. The van der Waals surface area contributed by atoms with Crippen LogP contribution in [0.5, 0.6) is 0 Å². The van der Waals surface area contributed by atoms with Crippen LogP contribution in [-0.2, 0) is 0 Å². The Kier molecular flexibility index (Phi) is 3.68. The zero-order valence-electron chi connectivity index (χ0n) is 15.0. The van der Waals surface area contributed by atoms with Crippen LogP contribution in [0.15, 0.2) is 35.4 Å². The first-order valence-electron chi connectivity index (χ1n) is 8.74. The number of aromatic carboxylic acids is 1. The molecule has 0 saturated heterocycles. The first kappa shape index (κ1) is 16.5. The molecule has 2 aromatic heterocycles. The maximum Gasteiger partial charge on any atom is 0.341 e. The van der Waals surface area contributed by atoms with E-state index >= 15 is 0 Å². The summed E-state index contributed by atoms with van der Waals surface area (Å²) in [5, 5.41) is 9.96. The maximum atomic E-state index is 12.8. The standard InChI is InChI=1S/C21H20N2O3/c1-11-8-16(14-5-4-12(2)22-9-14)13(3)19-18(11)20(24)17(21(25)26)10-23(19)15-6-7-15/h4-5,8-10,15H,6-7H2,1-3H3,(H,25,26). The minimum Gasteiger partial charge on any atom is -0.477 e. The summed E-state index contributed by atoms with van der Waals surface area (Å²) in [5.74, 6) is -1.17. The average Bonchev–Trinajstić information content (AvgIpc) is 3.43. The second-order valence-corrected chi connectivity index (χ2v) is 7.09. The van der Waals surface area contributed by atoms with Crippen LogP contribution < -0.4 is 5.43 Å². The molecule has 1 fully saturated rings. The van der Waals surface area contributed by atoms with Crippen molar-refractivity contribution in [3.8, 4) is 11.1 Å². The van der Waals surface area contributed by atoms with Crippen molar-refractivity contribution >= 4 is 16.9 Å². The van der Waals surface area contributed by atoms with Crippen molar-refractivity contribution in [2.75, 3.05) is 0 Å². The molecule has 3 aromatic rings. The number of hydrogen-bond acceptors (Lipinski definition) is 3. The summed E-state index contributed by atoms with van der Waals surface area (Å²) in [6.45, 7) is 5.81. The number of benzene rings is 1. The van der Waals surface area contributed by atoms with E-state index in [0.717, 1.165) is 46.3 Å². The first-order chi connectivity index (χ1) is 12.4. The number of nitrogens with zero attached hydrogens (tertiary/aromatic N) is 2. The van der Waals surface area contributed by atoms with Crippen molar-refractivity contribution in [1.29, 1.82) is 0 Å². The predicted molar refractivity (Wildman–Crippen MR) is 101 cm³/mol. The van der Waals surface area contributed by atoms with Gasteiger partial charge in [0.25, 0.3) is 0 Å². The van der Waals surface area contributed by atoms with E-state index in [4.69, 9.17) is 0 Å². The number of aryl methyl sites for hydroxylation is 3. The van der Waals surface area contributed by atoms with Crippen LogP contribution in [0.1, 0.15) is 46.1 Å². The summed E-state index contributed by atoms with van der Waals surface area (Å²) in [4.78, 5) is 28.8. The molecular formula is C21H20N2O3. The summed E-state index contributed by atoms with van der Waals surface area (Å²) in [5.41, 5.74) is 5.04. The predicted octanol–water partition coefficient (Wildman–Crippen LogP) is 4.02. The van der Waals surface area contributed by atoms with Gasteiger partial charge in [-0.1, -0.05) is 12.1 Å². The van der Waals surface area contributed by atoms with Gasteiger partial charge in [0.2, 0.25) is 5.43 Å². The van der Waals surface area contributed by atoms with Crippen molar-refractivity contribution < 1.29 is 9.90 Å². The van der Waals surface area contributed by atoms with Gasteiger partial charge in [-0.15, -0.1) is 0 Å². The highest BCUT2D eigenvalue weighted by molar-refractivity contribution is 5.97. The van der Waals surface area contributed by atoms with Gasteiger partial charge in [-0.25, -0.2) is 4.79 Å². The van der Waals surface area contributed by atoms with Crippen LogP contribution in [0.4, 0.5) is 0 Å². The Morgan fingerprint density at radius 3 is 2.54 bits per heavy atom. The smallest absolute Gasteiger partial charge is 0.341 e. The second kappa shape index (κ2) is 5.80. The Morgan fingerprint density at radius 2 is 1.96 bits per heavy atom. The van der Waals surface area contributed by atoms with Crippen LogP contribution >= 0.6 is 0 Å². The van der Waals surface area contributed by atoms with Gasteiger partial charge >= 0.3 is 5.97 Å². The van der Waals surface area contributed by atoms with E-state index in [9.17, 15) is 14.7 Å². The Labute approximate surface area is 150 Å². The normalized spacial score (nSPS) is 14.0. The number of aromatic nitrogens is 2. The van der Waals surface area contributed by atoms with Crippen molar-refractivity contribution in [1.82, 2.24) is 9.55 Å². The van der Waals surface area contributed by atoms with Crippen molar-refractivity contribution in [2.45, 2.75) is 39.7 Å². The molecule has 1 aromatic carbocycles. The van der Waals surface area contributed by atoms with E-state index in [1.165, 1.54) is 6.20 Å². The highest BCUT2D eigenvalue weighted by Crippen LogP contribution is 2.40. The molecule has 1 saturated carbocycles. The monoisotopic (exact) mass is 348 g/mol. The fraction of sp³-hybridized carbons (Fsp3) is 0.286. The van der Waals surface area contributed by atoms with Gasteiger partial charge < -0.3 is 9.67 Å². The molecule has 2 heterocycles. The van der Waals surface area contributed by atoms with Gasteiger partial charge in [-0.2, -0.15) is 0 Å². The molecule has 0 amide bonds. The summed E-state index contributed by atoms with van der Waals surface area (Å²) < 4.78 is 1.99. The maximum absolute atomic E-state index is 12.8. The lowest BCUT2D eigenvalue weighted by Crippen LogP contribution is -2.20. The first-order valence-corrected chi connectivity index (χ1v) is 8.74. The van der Waals surface area contributed by atoms with Gasteiger partial charge in [-0.05, 0) is 56.4 Å². The highest BCUT2D eigenvalue weighted by Gasteiger charge is 2.28. The molecule has 0 atom stereocenters. The Hall–Kier alpha value is -2.95. The fourth-order valence-corrected chi connectivity index (χ4v) is 3.63. The van der Waals surface area contributed by atoms with E-state index in [1.807, 2.05) is 49.7 Å². The molecule has 1 N–H and O–H groups in total. The van der Waals surface area contributed by atoms with Crippen LogP contribution in [0.2, 0.25) is 0 Å².